The van der Waals surface area contributed by atoms with E-state index in [0.717, 1.165) is 11.1 Å². The van der Waals surface area contributed by atoms with Gasteiger partial charge in [-0.25, -0.2) is 4.79 Å². The van der Waals surface area contributed by atoms with Crippen LogP contribution in [0.5, 0.6) is 0 Å². The Morgan fingerprint density at radius 1 is 1.04 bits per heavy atom. The molecule has 5 nitrogen and oxygen atoms in total. The van der Waals surface area contributed by atoms with Gasteiger partial charge in [-0.15, -0.1) is 0 Å². The Kier molecular flexibility index (Phi) is 5.74. The lowest BCUT2D eigenvalue weighted by atomic mass is 10.2. The van der Waals surface area contributed by atoms with Crippen LogP contribution in [-0.4, -0.2) is 23.7 Å². The summed E-state index contributed by atoms with van der Waals surface area (Å²) < 4.78 is 5.30. The molecule has 0 bridgehead atoms. The Hall–Kier alpha value is -2.82. The molecule has 0 aromatic heterocycles. The molecule has 0 saturated carbocycles. The quantitative estimate of drug-likeness (QED) is 0.884. The number of carboxylic acid groups (broad SMARTS) is 1. The lowest BCUT2D eigenvalue weighted by molar-refractivity contribution is -0.136. The molecular formula is C18H19NO4. The number of carbonyl (C=O) groups is 2. The molecular weight excluding hydrogens is 294 g/mol. The van der Waals surface area contributed by atoms with Crippen molar-refractivity contribution in [3.63, 3.8) is 0 Å². The second-order valence-electron chi connectivity index (χ2n) is 5.17. The second kappa shape index (κ2) is 7.98. The fraction of sp³-hybridized carbons (Fsp3) is 0.222. The molecule has 2 aromatic rings. The molecule has 0 aliphatic heterocycles. The van der Waals surface area contributed by atoms with Crippen LogP contribution in [0.25, 0.3) is 0 Å². The predicted molar refractivity (Wildman–Crippen MR) is 87.4 cm³/mol. The van der Waals surface area contributed by atoms with E-state index < -0.39 is 12.1 Å². The van der Waals surface area contributed by atoms with Gasteiger partial charge in [-0.1, -0.05) is 48.0 Å². The number of nitrogens with zero attached hydrogens (tertiary/aromatic N) is 1. The number of carbonyl (C=O) groups excluding carboxylic acids is 1. The molecule has 23 heavy (non-hydrogen) atoms. The van der Waals surface area contributed by atoms with Crippen molar-refractivity contribution in [3.05, 3.63) is 65.7 Å². The number of aliphatic carboxylic acids is 1. The zero-order valence-electron chi connectivity index (χ0n) is 12.9. The van der Waals surface area contributed by atoms with E-state index in [9.17, 15) is 9.59 Å². The predicted octanol–water partition coefficient (Wildman–Crippen LogP) is 3.61. The number of benzene rings is 2. The molecule has 0 aliphatic carbocycles. The van der Waals surface area contributed by atoms with Crippen LogP contribution in [0.2, 0.25) is 0 Å². The number of hydrogen-bond acceptors (Lipinski definition) is 3. The molecule has 0 atom stereocenters. The first-order valence-electron chi connectivity index (χ1n) is 7.33. The molecule has 0 aliphatic rings. The number of ether oxygens (including phenoxy) is 1. The van der Waals surface area contributed by atoms with E-state index in [1.165, 1.54) is 4.90 Å². The number of aryl methyl sites for hydroxylation is 1. The smallest absolute Gasteiger partial charge is 0.414 e. The van der Waals surface area contributed by atoms with E-state index in [4.69, 9.17) is 9.84 Å². The lowest BCUT2D eigenvalue weighted by Crippen LogP contribution is -2.33. The maximum atomic E-state index is 12.3. The third-order valence-corrected chi connectivity index (χ3v) is 3.32. The maximum Gasteiger partial charge on any atom is 0.414 e. The number of anilines is 1. The van der Waals surface area contributed by atoms with Crippen molar-refractivity contribution in [2.24, 2.45) is 0 Å². The van der Waals surface area contributed by atoms with E-state index in [1.54, 1.807) is 12.1 Å². The van der Waals surface area contributed by atoms with Crippen molar-refractivity contribution in [2.45, 2.75) is 20.0 Å². The standard InChI is InChI=1S/C18H19NO4/c1-14-7-9-16(10-8-14)19(12-11-17(20)21)18(22)23-13-15-5-3-2-4-6-15/h2-10H,11-13H2,1H3,(H,20,21). The van der Waals surface area contributed by atoms with Gasteiger partial charge in [-0.3, -0.25) is 9.69 Å². The summed E-state index contributed by atoms with van der Waals surface area (Å²) in [6.07, 6.45) is -0.701. The summed E-state index contributed by atoms with van der Waals surface area (Å²) in [4.78, 5) is 24.5. The van der Waals surface area contributed by atoms with Crippen molar-refractivity contribution in [2.75, 3.05) is 11.4 Å². The van der Waals surface area contributed by atoms with Gasteiger partial charge in [0.1, 0.15) is 6.61 Å². The van der Waals surface area contributed by atoms with E-state index in [-0.39, 0.29) is 19.6 Å². The highest BCUT2D eigenvalue weighted by Gasteiger charge is 2.18. The number of amides is 1. The zero-order chi connectivity index (χ0) is 16.7. The largest absolute Gasteiger partial charge is 0.481 e. The van der Waals surface area contributed by atoms with Crippen LogP contribution in [0.3, 0.4) is 0 Å². The molecule has 0 unspecified atom stereocenters. The van der Waals surface area contributed by atoms with Gasteiger partial charge < -0.3 is 9.84 Å². The van der Waals surface area contributed by atoms with Gasteiger partial charge in [0.15, 0.2) is 0 Å². The van der Waals surface area contributed by atoms with E-state index in [2.05, 4.69) is 0 Å². The first-order valence-corrected chi connectivity index (χ1v) is 7.33. The monoisotopic (exact) mass is 313 g/mol. The van der Waals surface area contributed by atoms with Gasteiger partial charge in [0.05, 0.1) is 6.42 Å². The summed E-state index contributed by atoms with van der Waals surface area (Å²) >= 11 is 0. The SMILES string of the molecule is Cc1ccc(N(CCC(=O)O)C(=O)OCc2ccccc2)cc1. The molecule has 2 rings (SSSR count). The molecule has 0 radical (unpaired) electrons. The molecule has 0 fully saturated rings. The van der Waals surface area contributed by atoms with Gasteiger partial charge in [-0.05, 0) is 24.6 Å². The summed E-state index contributed by atoms with van der Waals surface area (Å²) in [5.41, 5.74) is 2.56. The topological polar surface area (TPSA) is 66.8 Å². The highest BCUT2D eigenvalue weighted by atomic mass is 16.6. The van der Waals surface area contributed by atoms with Crippen LogP contribution < -0.4 is 4.90 Å². The molecule has 2 aromatic carbocycles. The molecule has 0 saturated heterocycles. The molecule has 1 amide bonds. The average molecular weight is 313 g/mol. The highest BCUT2D eigenvalue weighted by Crippen LogP contribution is 2.17. The van der Waals surface area contributed by atoms with Crippen LogP contribution in [0.15, 0.2) is 54.6 Å². The fourth-order valence-electron chi connectivity index (χ4n) is 2.06. The number of hydrogen-bond donors (Lipinski definition) is 1. The van der Waals surface area contributed by atoms with Crippen molar-refractivity contribution in [1.29, 1.82) is 0 Å². The first kappa shape index (κ1) is 16.5. The summed E-state index contributed by atoms with van der Waals surface area (Å²) in [5, 5.41) is 8.86. The summed E-state index contributed by atoms with van der Waals surface area (Å²) in [6.45, 7) is 2.15. The van der Waals surface area contributed by atoms with Crippen LogP contribution in [0.1, 0.15) is 17.5 Å². The number of rotatable bonds is 6. The van der Waals surface area contributed by atoms with Gasteiger partial charge in [0.2, 0.25) is 0 Å². The molecule has 1 N–H and O–H groups in total. The second-order valence-corrected chi connectivity index (χ2v) is 5.17. The Morgan fingerprint density at radius 3 is 2.30 bits per heavy atom. The van der Waals surface area contributed by atoms with Gasteiger partial charge in [0.25, 0.3) is 0 Å². The van der Waals surface area contributed by atoms with Crippen LogP contribution in [0.4, 0.5) is 10.5 Å². The van der Waals surface area contributed by atoms with Crippen LogP contribution in [0, 0.1) is 6.92 Å². The maximum absolute atomic E-state index is 12.3. The van der Waals surface area contributed by atoms with E-state index in [0.29, 0.717) is 5.69 Å². The molecule has 5 heteroatoms. The average Bonchev–Trinajstić information content (AvgIpc) is 2.55. The van der Waals surface area contributed by atoms with Crippen molar-refractivity contribution in [1.82, 2.24) is 0 Å². The minimum atomic E-state index is -0.960. The number of carboxylic acids is 1. The van der Waals surface area contributed by atoms with Gasteiger partial charge in [0, 0.05) is 12.2 Å². The van der Waals surface area contributed by atoms with E-state index >= 15 is 0 Å². The lowest BCUT2D eigenvalue weighted by Gasteiger charge is -2.21. The molecule has 0 heterocycles. The summed E-state index contributed by atoms with van der Waals surface area (Å²) in [5.74, 6) is -0.960. The Labute approximate surface area is 135 Å². The zero-order valence-corrected chi connectivity index (χ0v) is 12.9. The van der Waals surface area contributed by atoms with Crippen molar-refractivity contribution < 1.29 is 19.4 Å². The third kappa shape index (κ3) is 5.14. The Balaban J connectivity index is 2.07. The van der Waals surface area contributed by atoms with Gasteiger partial charge >= 0.3 is 12.1 Å². The first-order chi connectivity index (χ1) is 11.1. The van der Waals surface area contributed by atoms with Crippen molar-refractivity contribution in [3.8, 4) is 0 Å². The van der Waals surface area contributed by atoms with Gasteiger partial charge in [-0.2, -0.15) is 0 Å². The Morgan fingerprint density at radius 2 is 1.70 bits per heavy atom. The fourth-order valence-corrected chi connectivity index (χ4v) is 2.06. The summed E-state index contributed by atoms with van der Waals surface area (Å²) in [7, 11) is 0. The Bertz CT molecular complexity index is 652. The highest BCUT2D eigenvalue weighted by molar-refractivity contribution is 5.88. The van der Waals surface area contributed by atoms with Crippen molar-refractivity contribution >= 4 is 17.7 Å². The summed E-state index contributed by atoms with van der Waals surface area (Å²) in [6, 6.07) is 16.6. The molecule has 120 valence electrons. The van der Waals surface area contributed by atoms with E-state index in [1.807, 2.05) is 49.4 Å². The third-order valence-electron chi connectivity index (χ3n) is 3.32. The minimum Gasteiger partial charge on any atom is -0.481 e. The van der Waals surface area contributed by atoms with Crippen LogP contribution >= 0.6 is 0 Å². The van der Waals surface area contributed by atoms with Crippen LogP contribution in [-0.2, 0) is 16.1 Å². The normalized spacial score (nSPS) is 10.1. The minimum absolute atomic E-state index is 0.0615. The molecule has 0 spiro atoms.